The summed E-state index contributed by atoms with van der Waals surface area (Å²) >= 11 is 3.19. The number of nitrogens with zero attached hydrogens (tertiary/aromatic N) is 1. The minimum absolute atomic E-state index is 0.201. The molecule has 0 spiro atoms. The number of hydrogen-bond donors (Lipinski definition) is 4. The number of benzene rings is 1. The summed E-state index contributed by atoms with van der Waals surface area (Å²) in [6.07, 6.45) is -0.535. The first-order valence-corrected chi connectivity index (χ1v) is 6.41. The van der Waals surface area contributed by atoms with Crippen LogP contribution in [0.5, 0.6) is 0 Å². The Bertz CT molecular complexity index is 626. The predicted octanol–water partition coefficient (Wildman–Crippen LogP) is 0.771. The molecule has 5 N–H and O–H groups in total. The van der Waals surface area contributed by atoms with Crippen molar-refractivity contribution in [1.82, 2.24) is 5.32 Å². The summed E-state index contributed by atoms with van der Waals surface area (Å²) in [6, 6.07) is 4.17. The molecule has 1 atom stereocenters. The number of carboxylic acid groups (broad SMARTS) is 1. The molecule has 110 valence electrons. The maximum Gasteiger partial charge on any atom is 0.326 e. The second kappa shape index (κ2) is 7.25. The second-order valence-corrected chi connectivity index (χ2v) is 4.88. The molecule has 0 aliphatic rings. The van der Waals surface area contributed by atoms with E-state index in [9.17, 15) is 14.4 Å². The number of anilines is 1. The van der Waals surface area contributed by atoms with Gasteiger partial charge in [-0.05, 0) is 18.2 Å². The van der Waals surface area contributed by atoms with Gasteiger partial charge in [-0.25, -0.2) is 9.59 Å². The number of aliphatic carboxylic acids is 1. The molecule has 0 heterocycles. The van der Waals surface area contributed by atoms with Crippen LogP contribution in [0.4, 0.5) is 10.5 Å². The van der Waals surface area contributed by atoms with E-state index >= 15 is 0 Å². The highest BCUT2D eigenvalue weighted by Crippen LogP contribution is 2.20. The summed E-state index contributed by atoms with van der Waals surface area (Å²) < 4.78 is 0.628. The van der Waals surface area contributed by atoms with Crippen molar-refractivity contribution in [1.29, 1.82) is 5.26 Å². The van der Waals surface area contributed by atoms with Crippen molar-refractivity contribution >= 4 is 39.5 Å². The lowest BCUT2D eigenvalue weighted by molar-refractivity contribution is -0.140. The lowest BCUT2D eigenvalue weighted by Gasteiger charge is -2.14. The molecule has 0 aromatic heterocycles. The van der Waals surface area contributed by atoms with E-state index in [4.69, 9.17) is 16.1 Å². The highest BCUT2D eigenvalue weighted by atomic mass is 79.9. The van der Waals surface area contributed by atoms with E-state index in [1.54, 1.807) is 6.07 Å². The molecule has 0 radical (unpaired) electrons. The summed E-state index contributed by atoms with van der Waals surface area (Å²) in [4.78, 5) is 33.4. The van der Waals surface area contributed by atoms with Gasteiger partial charge in [0, 0.05) is 4.47 Å². The van der Waals surface area contributed by atoms with Crippen LogP contribution in [0.15, 0.2) is 22.7 Å². The van der Waals surface area contributed by atoms with E-state index < -0.39 is 30.4 Å². The lowest BCUT2D eigenvalue weighted by Crippen LogP contribution is -2.45. The molecule has 1 rings (SSSR count). The number of rotatable bonds is 5. The average Bonchev–Trinajstić information content (AvgIpc) is 2.37. The molecule has 1 aromatic rings. The van der Waals surface area contributed by atoms with E-state index in [0.717, 1.165) is 0 Å². The Balaban J connectivity index is 2.81. The fourth-order valence-corrected chi connectivity index (χ4v) is 1.80. The van der Waals surface area contributed by atoms with Gasteiger partial charge in [0.1, 0.15) is 12.1 Å². The molecule has 0 bridgehead atoms. The number of carbonyl (C=O) groups excluding carboxylic acids is 2. The van der Waals surface area contributed by atoms with Crippen LogP contribution in [-0.4, -0.2) is 29.1 Å². The van der Waals surface area contributed by atoms with E-state index in [0.29, 0.717) is 4.47 Å². The van der Waals surface area contributed by atoms with Crippen molar-refractivity contribution in [2.45, 2.75) is 12.5 Å². The highest BCUT2D eigenvalue weighted by molar-refractivity contribution is 9.10. The number of carboxylic acids is 1. The molecule has 0 aliphatic carbocycles. The van der Waals surface area contributed by atoms with Gasteiger partial charge >= 0.3 is 12.0 Å². The van der Waals surface area contributed by atoms with Crippen LogP contribution >= 0.6 is 15.9 Å². The molecular formula is C12H11BrN4O4. The Hall–Kier alpha value is -2.60. The zero-order valence-corrected chi connectivity index (χ0v) is 12.2. The van der Waals surface area contributed by atoms with Crippen molar-refractivity contribution in [3.8, 4) is 6.07 Å². The summed E-state index contributed by atoms with van der Waals surface area (Å²) in [5, 5.41) is 22.2. The number of halogens is 1. The molecule has 1 aromatic carbocycles. The molecular weight excluding hydrogens is 344 g/mol. The normalized spacial score (nSPS) is 11.0. The number of urea groups is 1. The zero-order chi connectivity index (χ0) is 16.0. The number of nitrogens with two attached hydrogens (primary N) is 1. The molecule has 0 saturated heterocycles. The number of nitriles is 1. The molecule has 0 saturated carbocycles. The van der Waals surface area contributed by atoms with E-state index in [1.807, 2.05) is 6.07 Å². The fraction of sp³-hybridized carbons (Fsp3) is 0.167. The molecule has 0 aliphatic heterocycles. The van der Waals surface area contributed by atoms with Crippen LogP contribution in [0.1, 0.15) is 12.0 Å². The Morgan fingerprint density at radius 2 is 2.10 bits per heavy atom. The Morgan fingerprint density at radius 3 is 2.62 bits per heavy atom. The molecule has 3 amide bonds. The first-order valence-electron chi connectivity index (χ1n) is 5.61. The second-order valence-electron chi connectivity index (χ2n) is 3.96. The van der Waals surface area contributed by atoms with Gasteiger partial charge < -0.3 is 21.5 Å². The van der Waals surface area contributed by atoms with E-state index in [1.165, 1.54) is 12.1 Å². The molecule has 9 heteroatoms. The maximum atomic E-state index is 11.7. The third-order valence-corrected chi connectivity index (χ3v) is 2.85. The minimum atomic E-state index is -1.44. The van der Waals surface area contributed by atoms with Gasteiger partial charge in [0.15, 0.2) is 0 Å². The standard InChI is InChI=1S/C12H11BrN4O4/c13-7-2-1-6(5-14)8(3-7)16-12(21)17-9(11(19)20)4-10(15)18/h1-3,9H,4H2,(H2,15,18)(H,19,20)(H2,16,17,21)/t9-/m1/s1. The summed E-state index contributed by atoms with van der Waals surface area (Å²) in [6.45, 7) is 0. The first kappa shape index (κ1) is 16.5. The first-order chi connectivity index (χ1) is 9.83. The van der Waals surface area contributed by atoms with E-state index in [2.05, 4.69) is 26.6 Å². The van der Waals surface area contributed by atoms with Gasteiger partial charge in [-0.3, -0.25) is 4.79 Å². The Kier molecular flexibility index (Phi) is 5.68. The summed E-state index contributed by atoms with van der Waals surface area (Å²) in [5.74, 6) is -2.25. The third kappa shape index (κ3) is 5.12. The molecule has 0 unspecified atom stereocenters. The number of amides is 3. The molecule has 8 nitrogen and oxygen atoms in total. The Labute approximate surface area is 128 Å². The number of primary amides is 1. The SMILES string of the molecule is N#Cc1ccc(Br)cc1NC(=O)N[C@H](CC(N)=O)C(=O)O. The number of nitrogens with one attached hydrogen (secondary N) is 2. The Morgan fingerprint density at radius 1 is 1.43 bits per heavy atom. The predicted molar refractivity (Wildman–Crippen MR) is 76.2 cm³/mol. The van der Waals surface area contributed by atoms with Crippen LogP contribution in [-0.2, 0) is 9.59 Å². The van der Waals surface area contributed by atoms with Gasteiger partial charge in [0.05, 0.1) is 17.7 Å². The van der Waals surface area contributed by atoms with Gasteiger partial charge in [-0.15, -0.1) is 0 Å². The quantitative estimate of drug-likeness (QED) is 0.616. The van der Waals surface area contributed by atoms with Crippen LogP contribution in [0.2, 0.25) is 0 Å². The number of carbonyl (C=O) groups is 3. The topological polar surface area (TPSA) is 145 Å². The van der Waals surface area contributed by atoms with E-state index in [-0.39, 0.29) is 11.3 Å². The van der Waals surface area contributed by atoms with Crippen LogP contribution in [0.25, 0.3) is 0 Å². The minimum Gasteiger partial charge on any atom is -0.480 e. The highest BCUT2D eigenvalue weighted by Gasteiger charge is 2.22. The molecule has 0 fully saturated rings. The van der Waals surface area contributed by atoms with Crippen molar-refractivity contribution in [3.05, 3.63) is 28.2 Å². The van der Waals surface area contributed by atoms with Gasteiger partial charge in [0.25, 0.3) is 0 Å². The van der Waals surface area contributed by atoms with Crippen LogP contribution in [0.3, 0.4) is 0 Å². The van der Waals surface area contributed by atoms with Gasteiger partial charge in [-0.2, -0.15) is 5.26 Å². The van der Waals surface area contributed by atoms with Gasteiger partial charge in [0.2, 0.25) is 5.91 Å². The van der Waals surface area contributed by atoms with Crippen molar-refractivity contribution in [2.24, 2.45) is 5.73 Å². The molecule has 21 heavy (non-hydrogen) atoms. The smallest absolute Gasteiger partial charge is 0.326 e. The van der Waals surface area contributed by atoms with Crippen LogP contribution in [0, 0.1) is 11.3 Å². The third-order valence-electron chi connectivity index (χ3n) is 2.36. The monoisotopic (exact) mass is 354 g/mol. The fourth-order valence-electron chi connectivity index (χ4n) is 1.44. The average molecular weight is 355 g/mol. The summed E-state index contributed by atoms with van der Waals surface area (Å²) in [5.41, 5.74) is 5.31. The zero-order valence-electron chi connectivity index (χ0n) is 10.6. The van der Waals surface area contributed by atoms with Crippen molar-refractivity contribution < 1.29 is 19.5 Å². The van der Waals surface area contributed by atoms with Crippen molar-refractivity contribution in [2.75, 3.05) is 5.32 Å². The van der Waals surface area contributed by atoms with Crippen LogP contribution < -0.4 is 16.4 Å². The largest absolute Gasteiger partial charge is 0.480 e. The maximum absolute atomic E-state index is 11.7. The lowest BCUT2D eigenvalue weighted by atomic mass is 10.2. The van der Waals surface area contributed by atoms with Gasteiger partial charge in [-0.1, -0.05) is 15.9 Å². The van der Waals surface area contributed by atoms with Crippen molar-refractivity contribution in [3.63, 3.8) is 0 Å². The number of hydrogen-bond acceptors (Lipinski definition) is 4. The summed E-state index contributed by atoms with van der Waals surface area (Å²) in [7, 11) is 0.